The van der Waals surface area contributed by atoms with Crippen LogP contribution in [0.5, 0.6) is 5.75 Å². The summed E-state index contributed by atoms with van der Waals surface area (Å²) < 4.78 is 0. The van der Waals surface area contributed by atoms with Crippen molar-refractivity contribution in [1.29, 1.82) is 0 Å². The molecular formula is C23H27N3OS. The molecule has 0 bridgehead atoms. The molecule has 0 aromatic heterocycles. The molecule has 2 aromatic carbocycles. The Kier molecular flexibility index (Phi) is 5.19. The number of phenolic OH excluding ortho intramolecular Hbond substituents is 1. The number of anilines is 1. The van der Waals surface area contributed by atoms with Crippen LogP contribution in [0.4, 0.5) is 11.4 Å². The Morgan fingerprint density at radius 2 is 1.93 bits per heavy atom. The molecule has 4 rings (SSSR count). The fourth-order valence-corrected chi connectivity index (χ4v) is 5.10. The molecule has 4 nitrogen and oxygen atoms in total. The highest BCUT2D eigenvalue weighted by atomic mass is 32.2. The first-order valence-corrected chi connectivity index (χ1v) is 11.2. The molecular weight excluding hydrogens is 366 g/mol. The van der Waals surface area contributed by atoms with E-state index in [2.05, 4.69) is 49.3 Å². The molecule has 1 aliphatic heterocycles. The molecule has 1 heterocycles. The average Bonchev–Trinajstić information content (AvgIpc) is 3.29. The molecule has 1 saturated carbocycles. The van der Waals surface area contributed by atoms with E-state index in [-0.39, 0.29) is 11.3 Å². The zero-order valence-electron chi connectivity index (χ0n) is 16.8. The number of benzene rings is 2. The van der Waals surface area contributed by atoms with Gasteiger partial charge in [-0.15, -0.1) is 0 Å². The van der Waals surface area contributed by atoms with Gasteiger partial charge in [0, 0.05) is 11.8 Å². The molecule has 146 valence electrons. The molecule has 0 amide bonds. The number of amidine groups is 2. The molecule has 0 saturated heterocycles. The molecule has 0 atom stereocenters. The van der Waals surface area contributed by atoms with Crippen molar-refractivity contribution >= 4 is 34.1 Å². The highest BCUT2D eigenvalue weighted by Crippen LogP contribution is 2.46. The largest absolute Gasteiger partial charge is 0.508 e. The maximum Gasteiger partial charge on any atom is 0.170 e. The predicted molar refractivity (Wildman–Crippen MR) is 120 cm³/mol. The van der Waals surface area contributed by atoms with Gasteiger partial charge in [-0.2, -0.15) is 0 Å². The van der Waals surface area contributed by atoms with Crippen molar-refractivity contribution in [1.82, 2.24) is 0 Å². The minimum atomic E-state index is -0.223. The van der Waals surface area contributed by atoms with Crippen LogP contribution in [0.2, 0.25) is 0 Å². The molecule has 28 heavy (non-hydrogen) atoms. The summed E-state index contributed by atoms with van der Waals surface area (Å²) in [6.45, 7) is 4.30. The van der Waals surface area contributed by atoms with Crippen molar-refractivity contribution in [2.45, 2.75) is 51.5 Å². The van der Waals surface area contributed by atoms with Gasteiger partial charge in [0.1, 0.15) is 11.3 Å². The van der Waals surface area contributed by atoms with Gasteiger partial charge in [0.15, 0.2) is 11.0 Å². The predicted octanol–water partition coefficient (Wildman–Crippen LogP) is 5.85. The number of hydrogen-bond donors (Lipinski definition) is 1. The minimum Gasteiger partial charge on any atom is -0.508 e. The molecule has 1 spiro atoms. The van der Waals surface area contributed by atoms with E-state index in [1.165, 1.54) is 24.0 Å². The van der Waals surface area contributed by atoms with Crippen LogP contribution in [0, 0.1) is 6.92 Å². The Balaban J connectivity index is 1.88. The lowest BCUT2D eigenvalue weighted by Gasteiger charge is -2.36. The number of para-hydroxylation sites is 1. The van der Waals surface area contributed by atoms with Crippen LogP contribution in [-0.2, 0) is 6.42 Å². The Morgan fingerprint density at radius 1 is 1.18 bits per heavy atom. The van der Waals surface area contributed by atoms with E-state index in [4.69, 9.17) is 9.98 Å². The summed E-state index contributed by atoms with van der Waals surface area (Å²) in [4.78, 5) is 12.5. The first-order chi connectivity index (χ1) is 13.6. The number of aliphatic imine (C=N–C) groups is 2. The van der Waals surface area contributed by atoms with Gasteiger partial charge in [0.2, 0.25) is 0 Å². The normalized spacial score (nSPS) is 19.6. The van der Waals surface area contributed by atoms with Gasteiger partial charge < -0.3 is 10.0 Å². The fraction of sp³-hybridized carbons (Fsp3) is 0.391. The average molecular weight is 394 g/mol. The van der Waals surface area contributed by atoms with Crippen molar-refractivity contribution in [3.63, 3.8) is 0 Å². The second-order valence-corrected chi connectivity index (χ2v) is 8.34. The highest BCUT2D eigenvalue weighted by molar-refractivity contribution is 8.13. The number of hydrogen-bond acceptors (Lipinski definition) is 4. The van der Waals surface area contributed by atoms with E-state index in [0.29, 0.717) is 0 Å². The lowest BCUT2D eigenvalue weighted by molar-refractivity contribution is 0.475. The summed E-state index contributed by atoms with van der Waals surface area (Å²) in [5.74, 6) is 1.20. The van der Waals surface area contributed by atoms with Gasteiger partial charge in [-0.1, -0.05) is 55.8 Å². The first kappa shape index (κ1) is 19.1. The van der Waals surface area contributed by atoms with E-state index in [0.717, 1.165) is 41.6 Å². The summed E-state index contributed by atoms with van der Waals surface area (Å²) in [5, 5.41) is 11.0. The first-order valence-electron chi connectivity index (χ1n) is 9.98. The second-order valence-electron chi connectivity index (χ2n) is 7.56. The summed E-state index contributed by atoms with van der Waals surface area (Å²) in [6, 6.07) is 13.9. The van der Waals surface area contributed by atoms with Crippen LogP contribution in [-0.4, -0.2) is 27.9 Å². The topological polar surface area (TPSA) is 48.2 Å². The second kappa shape index (κ2) is 7.63. The Bertz CT molecular complexity index is 945. The summed E-state index contributed by atoms with van der Waals surface area (Å²) in [7, 11) is 0. The van der Waals surface area contributed by atoms with Crippen LogP contribution >= 0.6 is 11.8 Å². The van der Waals surface area contributed by atoms with Crippen LogP contribution < -0.4 is 4.90 Å². The zero-order valence-corrected chi connectivity index (χ0v) is 17.6. The molecule has 0 radical (unpaired) electrons. The lowest BCUT2D eigenvalue weighted by Crippen LogP contribution is -2.49. The van der Waals surface area contributed by atoms with Crippen molar-refractivity contribution in [2.24, 2.45) is 9.98 Å². The van der Waals surface area contributed by atoms with Crippen molar-refractivity contribution in [3.8, 4) is 5.75 Å². The standard InChI is InChI=1S/C23H27N3OS/c1-4-17-10-7-9-16(2)20(17)24-21-23(13-5-6-14-23)26(22(25-21)28-3)18-11-8-12-19(27)15-18/h7-12,15,27H,4-6,13-14H2,1-3H3. The van der Waals surface area contributed by atoms with Gasteiger partial charge in [-0.3, -0.25) is 0 Å². The van der Waals surface area contributed by atoms with Crippen LogP contribution in [0.1, 0.15) is 43.7 Å². The van der Waals surface area contributed by atoms with Crippen molar-refractivity contribution in [2.75, 3.05) is 11.2 Å². The Morgan fingerprint density at radius 3 is 2.61 bits per heavy atom. The number of phenols is 1. The molecule has 2 aliphatic rings. The summed E-state index contributed by atoms with van der Waals surface area (Å²) in [5.41, 5.74) is 4.28. The monoisotopic (exact) mass is 393 g/mol. The minimum absolute atomic E-state index is 0.223. The SMILES string of the molecule is CCc1cccc(C)c1N=C1N=C(SC)N(c2cccc(O)c2)C12CCCC2. The van der Waals surface area contributed by atoms with Crippen LogP contribution in [0.25, 0.3) is 0 Å². The highest BCUT2D eigenvalue weighted by Gasteiger charge is 2.50. The molecule has 1 fully saturated rings. The molecule has 5 heteroatoms. The molecule has 1 N–H and O–H groups in total. The van der Waals surface area contributed by atoms with Crippen molar-refractivity contribution in [3.05, 3.63) is 53.6 Å². The Labute approximate surface area is 171 Å². The number of aromatic hydroxyl groups is 1. The number of nitrogens with zero attached hydrogens (tertiary/aromatic N) is 3. The van der Waals surface area contributed by atoms with Gasteiger partial charge in [-0.25, -0.2) is 9.98 Å². The third-order valence-electron chi connectivity index (χ3n) is 5.86. The van der Waals surface area contributed by atoms with E-state index in [1.807, 2.05) is 12.1 Å². The zero-order chi connectivity index (χ0) is 19.7. The number of rotatable bonds is 3. The van der Waals surface area contributed by atoms with E-state index < -0.39 is 0 Å². The fourth-order valence-electron chi connectivity index (χ4n) is 4.46. The maximum absolute atomic E-state index is 10.1. The van der Waals surface area contributed by atoms with Gasteiger partial charge in [0.25, 0.3) is 0 Å². The number of thioether (sulfide) groups is 1. The van der Waals surface area contributed by atoms with Gasteiger partial charge in [0.05, 0.1) is 5.69 Å². The molecule has 0 unspecified atom stereocenters. The third kappa shape index (κ3) is 3.12. The van der Waals surface area contributed by atoms with Gasteiger partial charge >= 0.3 is 0 Å². The molecule has 2 aromatic rings. The summed E-state index contributed by atoms with van der Waals surface area (Å²) in [6.07, 6.45) is 7.41. The molecule has 1 aliphatic carbocycles. The quantitative estimate of drug-likeness (QED) is 0.712. The van der Waals surface area contributed by atoms with Crippen molar-refractivity contribution < 1.29 is 5.11 Å². The number of aryl methyl sites for hydroxylation is 2. The third-order valence-corrected chi connectivity index (χ3v) is 6.50. The lowest BCUT2D eigenvalue weighted by atomic mass is 9.94. The maximum atomic E-state index is 10.1. The van der Waals surface area contributed by atoms with E-state index in [1.54, 1.807) is 17.8 Å². The Hall–Kier alpha value is -2.27. The van der Waals surface area contributed by atoms with Crippen LogP contribution in [0.3, 0.4) is 0 Å². The smallest absolute Gasteiger partial charge is 0.170 e. The van der Waals surface area contributed by atoms with E-state index in [9.17, 15) is 5.11 Å². The van der Waals surface area contributed by atoms with Crippen LogP contribution in [0.15, 0.2) is 52.4 Å². The van der Waals surface area contributed by atoms with E-state index >= 15 is 0 Å². The van der Waals surface area contributed by atoms with Gasteiger partial charge in [-0.05, 0) is 55.7 Å². The summed E-state index contributed by atoms with van der Waals surface area (Å²) >= 11 is 1.64.